The van der Waals surface area contributed by atoms with Crippen molar-refractivity contribution in [3.8, 4) is 22.9 Å². The number of carbonyl (C=O) groups is 2. The smallest absolute Gasteiger partial charge is 0.310 e. The molecule has 0 spiro atoms. The van der Waals surface area contributed by atoms with Gasteiger partial charge in [-0.3, -0.25) is 9.59 Å². The van der Waals surface area contributed by atoms with E-state index in [2.05, 4.69) is 0 Å². The van der Waals surface area contributed by atoms with Crippen molar-refractivity contribution in [1.82, 2.24) is 9.88 Å². The molecule has 0 fully saturated rings. The minimum absolute atomic E-state index is 0.0661. The zero-order valence-electron chi connectivity index (χ0n) is 17.9. The van der Waals surface area contributed by atoms with E-state index in [0.717, 1.165) is 16.7 Å². The molecule has 1 aliphatic heterocycles. The van der Waals surface area contributed by atoms with Gasteiger partial charge in [-0.05, 0) is 38.1 Å². The summed E-state index contributed by atoms with van der Waals surface area (Å²) in [6, 6.07) is 18.5. The third-order valence-electron chi connectivity index (χ3n) is 5.74. The van der Waals surface area contributed by atoms with E-state index in [1.54, 1.807) is 40.1 Å². The van der Waals surface area contributed by atoms with Gasteiger partial charge in [0.1, 0.15) is 5.75 Å². The molecule has 0 saturated carbocycles. The average Bonchev–Trinajstić information content (AvgIpc) is 2.76. The van der Waals surface area contributed by atoms with E-state index in [1.807, 2.05) is 48.5 Å². The average molecular weight is 416 g/mol. The third kappa shape index (κ3) is 3.54. The summed E-state index contributed by atoms with van der Waals surface area (Å²) in [5.41, 5.74) is 2.66. The highest BCUT2D eigenvalue weighted by Crippen LogP contribution is 2.51. The maximum absolute atomic E-state index is 12.1. The molecule has 1 aliphatic rings. The van der Waals surface area contributed by atoms with E-state index in [0.29, 0.717) is 22.9 Å². The molecule has 0 aliphatic carbocycles. The standard InChI is InChI=1S/C25H24N2O4/c1-25(2,24(29)30)21-17-7-5-6-8-20(17)31-22-18(21)13-14-19(26-22)15-9-11-16(12-10-15)23(28)27(3)4/h5-14,21H,1-4H3,(H,29,30)/t21-/m0/s1. The minimum Gasteiger partial charge on any atom is -0.481 e. The molecule has 6 heteroatoms. The molecular weight excluding hydrogens is 392 g/mol. The predicted octanol–water partition coefficient (Wildman–Crippen LogP) is 4.80. The highest BCUT2D eigenvalue weighted by Gasteiger charge is 2.44. The SMILES string of the molecule is CN(C)C(=O)c1ccc(-c2ccc3c(n2)Oc2ccccc2[C@@H]3C(C)(C)C(=O)O)cc1. The second kappa shape index (κ2) is 7.54. The van der Waals surface area contributed by atoms with Gasteiger partial charge in [0.25, 0.3) is 5.91 Å². The van der Waals surface area contributed by atoms with Crippen molar-refractivity contribution < 1.29 is 19.4 Å². The first-order valence-electron chi connectivity index (χ1n) is 10.0. The van der Waals surface area contributed by atoms with Crippen molar-refractivity contribution in [3.05, 3.63) is 77.4 Å². The van der Waals surface area contributed by atoms with Crippen LogP contribution in [0.3, 0.4) is 0 Å². The molecule has 1 amide bonds. The maximum Gasteiger partial charge on any atom is 0.310 e. The van der Waals surface area contributed by atoms with Crippen LogP contribution in [-0.2, 0) is 4.79 Å². The fourth-order valence-corrected chi connectivity index (χ4v) is 3.94. The van der Waals surface area contributed by atoms with E-state index in [9.17, 15) is 14.7 Å². The normalized spacial score (nSPS) is 14.8. The van der Waals surface area contributed by atoms with Crippen LogP contribution in [0.5, 0.6) is 11.6 Å². The number of carbonyl (C=O) groups excluding carboxylic acids is 1. The van der Waals surface area contributed by atoms with Crippen LogP contribution in [0.15, 0.2) is 60.7 Å². The number of ether oxygens (including phenoxy) is 1. The fraction of sp³-hybridized carbons (Fsp3) is 0.240. The predicted molar refractivity (Wildman–Crippen MR) is 117 cm³/mol. The monoisotopic (exact) mass is 416 g/mol. The van der Waals surface area contributed by atoms with Crippen molar-refractivity contribution in [2.24, 2.45) is 5.41 Å². The van der Waals surface area contributed by atoms with Gasteiger partial charge in [0.05, 0.1) is 11.1 Å². The molecule has 0 radical (unpaired) electrons. The molecule has 31 heavy (non-hydrogen) atoms. The quantitative estimate of drug-likeness (QED) is 0.661. The van der Waals surface area contributed by atoms with Crippen LogP contribution in [0.4, 0.5) is 0 Å². The van der Waals surface area contributed by atoms with Crippen LogP contribution in [-0.4, -0.2) is 41.0 Å². The Kier molecular flexibility index (Phi) is 5.01. The topological polar surface area (TPSA) is 79.7 Å². The van der Waals surface area contributed by atoms with Crippen LogP contribution < -0.4 is 4.74 Å². The number of aromatic nitrogens is 1. The lowest BCUT2D eigenvalue weighted by molar-refractivity contribution is -0.147. The molecule has 4 rings (SSSR count). The van der Waals surface area contributed by atoms with Crippen LogP contribution in [0, 0.1) is 5.41 Å². The summed E-state index contributed by atoms with van der Waals surface area (Å²) in [5.74, 6) is -0.324. The summed E-state index contributed by atoms with van der Waals surface area (Å²) < 4.78 is 6.07. The third-order valence-corrected chi connectivity index (χ3v) is 5.74. The fourth-order valence-electron chi connectivity index (χ4n) is 3.94. The molecule has 0 bridgehead atoms. The Hall–Kier alpha value is -3.67. The van der Waals surface area contributed by atoms with Crippen LogP contribution in [0.1, 0.15) is 41.3 Å². The summed E-state index contributed by atoms with van der Waals surface area (Å²) in [4.78, 5) is 30.4. The van der Waals surface area contributed by atoms with Gasteiger partial charge in [0.2, 0.25) is 5.88 Å². The summed E-state index contributed by atoms with van der Waals surface area (Å²) in [7, 11) is 3.43. The van der Waals surface area contributed by atoms with Gasteiger partial charge in [-0.2, -0.15) is 0 Å². The molecule has 158 valence electrons. The number of aliphatic carboxylic acids is 1. The molecule has 3 aromatic rings. The minimum atomic E-state index is -1.05. The van der Waals surface area contributed by atoms with Gasteiger partial charge in [0, 0.05) is 42.3 Å². The first-order chi connectivity index (χ1) is 14.7. The van der Waals surface area contributed by atoms with Crippen LogP contribution in [0.2, 0.25) is 0 Å². The molecule has 0 unspecified atom stereocenters. The van der Waals surface area contributed by atoms with Gasteiger partial charge in [-0.25, -0.2) is 4.98 Å². The Morgan fingerprint density at radius 3 is 2.29 bits per heavy atom. The van der Waals surface area contributed by atoms with Gasteiger partial charge < -0.3 is 14.7 Å². The zero-order valence-corrected chi connectivity index (χ0v) is 17.9. The van der Waals surface area contributed by atoms with Crippen molar-refractivity contribution in [3.63, 3.8) is 0 Å². The number of rotatable bonds is 4. The Balaban J connectivity index is 1.77. The first kappa shape index (κ1) is 20.6. The first-order valence-corrected chi connectivity index (χ1v) is 10.0. The number of para-hydroxylation sites is 1. The number of fused-ring (bicyclic) bond motifs is 2. The van der Waals surface area contributed by atoms with E-state index >= 15 is 0 Å². The summed E-state index contributed by atoms with van der Waals surface area (Å²) >= 11 is 0. The lowest BCUT2D eigenvalue weighted by Crippen LogP contribution is -2.33. The Labute approximate surface area is 181 Å². The lowest BCUT2D eigenvalue weighted by Gasteiger charge is -2.36. The van der Waals surface area contributed by atoms with Crippen molar-refractivity contribution in [2.45, 2.75) is 19.8 Å². The van der Waals surface area contributed by atoms with Gasteiger partial charge in [-0.1, -0.05) is 36.4 Å². The lowest BCUT2D eigenvalue weighted by atomic mass is 9.70. The van der Waals surface area contributed by atoms with E-state index in [4.69, 9.17) is 9.72 Å². The molecule has 1 atom stereocenters. The zero-order chi connectivity index (χ0) is 22.3. The van der Waals surface area contributed by atoms with Crippen LogP contribution >= 0.6 is 0 Å². The number of nitrogens with zero attached hydrogens (tertiary/aromatic N) is 2. The molecule has 2 aromatic carbocycles. The number of benzene rings is 2. The van der Waals surface area contributed by atoms with Gasteiger partial charge in [0.15, 0.2) is 0 Å². The molecule has 1 N–H and O–H groups in total. The summed E-state index contributed by atoms with van der Waals surface area (Å²) in [6.07, 6.45) is 0. The molecule has 1 aromatic heterocycles. The maximum atomic E-state index is 12.1. The largest absolute Gasteiger partial charge is 0.481 e. The second-order valence-corrected chi connectivity index (χ2v) is 8.47. The van der Waals surface area contributed by atoms with Crippen molar-refractivity contribution in [2.75, 3.05) is 14.1 Å². The molecule has 0 saturated heterocycles. The Bertz CT molecular complexity index is 1170. The van der Waals surface area contributed by atoms with E-state index in [-0.39, 0.29) is 5.91 Å². The second-order valence-electron chi connectivity index (χ2n) is 8.47. The van der Waals surface area contributed by atoms with Gasteiger partial charge in [-0.15, -0.1) is 0 Å². The van der Waals surface area contributed by atoms with Crippen molar-refractivity contribution >= 4 is 11.9 Å². The summed E-state index contributed by atoms with van der Waals surface area (Å²) in [5, 5.41) is 9.89. The van der Waals surface area contributed by atoms with Gasteiger partial charge >= 0.3 is 5.97 Å². The molecular formula is C25H24N2O4. The number of hydrogen-bond acceptors (Lipinski definition) is 4. The Morgan fingerprint density at radius 2 is 1.65 bits per heavy atom. The molecule has 6 nitrogen and oxygen atoms in total. The van der Waals surface area contributed by atoms with Crippen molar-refractivity contribution in [1.29, 1.82) is 0 Å². The summed E-state index contributed by atoms with van der Waals surface area (Å²) in [6.45, 7) is 3.44. The Morgan fingerprint density at radius 1 is 0.968 bits per heavy atom. The van der Waals surface area contributed by atoms with E-state index < -0.39 is 17.3 Å². The highest BCUT2D eigenvalue weighted by atomic mass is 16.5. The number of carboxylic acids is 1. The molecule has 2 heterocycles. The van der Waals surface area contributed by atoms with Crippen LogP contribution in [0.25, 0.3) is 11.3 Å². The number of amides is 1. The number of carboxylic acid groups (broad SMARTS) is 1. The number of hydrogen-bond donors (Lipinski definition) is 1. The van der Waals surface area contributed by atoms with E-state index in [1.165, 1.54) is 4.90 Å². The number of pyridine rings is 1. The highest BCUT2D eigenvalue weighted by molar-refractivity contribution is 5.94.